The van der Waals surface area contributed by atoms with E-state index in [0.29, 0.717) is 13.0 Å². The van der Waals surface area contributed by atoms with E-state index in [2.05, 4.69) is 10.6 Å². The van der Waals surface area contributed by atoms with Gasteiger partial charge in [-0.05, 0) is 33.1 Å². The molecule has 124 valence electrons. The Morgan fingerprint density at radius 2 is 1.95 bits per heavy atom. The van der Waals surface area contributed by atoms with Crippen molar-refractivity contribution in [2.45, 2.75) is 58.7 Å². The fourth-order valence-corrected chi connectivity index (χ4v) is 3.91. The molecular weight excluding hydrogens is 292 g/mol. The van der Waals surface area contributed by atoms with Crippen LogP contribution in [0.15, 0.2) is 0 Å². The largest absolute Gasteiger partial charge is 0.444 e. The predicted octanol–water partition coefficient (Wildman–Crippen LogP) is 1.31. The number of nitrogens with one attached hydrogen (secondary N) is 2. The van der Waals surface area contributed by atoms with Crippen LogP contribution in [0.2, 0.25) is 0 Å². The Morgan fingerprint density at radius 3 is 2.38 bits per heavy atom. The molecule has 0 saturated carbocycles. The van der Waals surface area contributed by atoms with Crippen molar-refractivity contribution in [1.29, 1.82) is 0 Å². The standard InChI is InChI=1S/C14H28N2O4S/c1-10(2)12(8-15-13(17)20-14(3,4)5)16-11-6-7-21(18,19)9-11/h10-12,16H,6-9H2,1-5H3,(H,15,17). The zero-order valence-electron chi connectivity index (χ0n) is 13.6. The lowest BCUT2D eigenvalue weighted by molar-refractivity contribution is 0.0518. The molecule has 0 aromatic carbocycles. The van der Waals surface area contributed by atoms with E-state index in [4.69, 9.17) is 4.74 Å². The van der Waals surface area contributed by atoms with Gasteiger partial charge in [-0.2, -0.15) is 0 Å². The Labute approximate surface area is 127 Å². The Bertz CT molecular complexity index is 454. The minimum absolute atomic E-state index is 0.0239. The number of carbonyl (C=O) groups excluding carboxylic acids is 1. The van der Waals surface area contributed by atoms with Crippen molar-refractivity contribution in [2.75, 3.05) is 18.1 Å². The van der Waals surface area contributed by atoms with Crippen molar-refractivity contribution in [2.24, 2.45) is 5.92 Å². The van der Waals surface area contributed by atoms with Crippen LogP contribution in [0, 0.1) is 5.92 Å². The summed E-state index contributed by atoms with van der Waals surface area (Å²) in [5.41, 5.74) is -0.523. The first kappa shape index (κ1) is 18.2. The summed E-state index contributed by atoms with van der Waals surface area (Å²) >= 11 is 0. The lowest BCUT2D eigenvalue weighted by Gasteiger charge is -2.27. The molecule has 1 amide bonds. The summed E-state index contributed by atoms with van der Waals surface area (Å²) in [5, 5.41) is 6.08. The number of sulfone groups is 1. The molecule has 0 aromatic heterocycles. The summed E-state index contributed by atoms with van der Waals surface area (Å²) in [7, 11) is -2.90. The van der Waals surface area contributed by atoms with Gasteiger partial charge < -0.3 is 15.4 Å². The minimum atomic E-state index is -2.90. The number of hydrogen-bond donors (Lipinski definition) is 2. The van der Waals surface area contributed by atoms with Gasteiger partial charge in [-0.15, -0.1) is 0 Å². The lowest BCUT2D eigenvalue weighted by atomic mass is 10.0. The van der Waals surface area contributed by atoms with Crippen molar-refractivity contribution in [1.82, 2.24) is 10.6 Å². The molecule has 6 nitrogen and oxygen atoms in total. The second kappa shape index (κ2) is 6.96. The third kappa shape index (κ3) is 7.13. The molecule has 7 heteroatoms. The lowest BCUT2D eigenvalue weighted by Crippen LogP contribution is -2.49. The van der Waals surface area contributed by atoms with Crippen LogP contribution in [0.3, 0.4) is 0 Å². The molecule has 0 bridgehead atoms. The maximum absolute atomic E-state index is 11.7. The average Bonchev–Trinajstić information content (AvgIpc) is 2.61. The van der Waals surface area contributed by atoms with Crippen molar-refractivity contribution >= 4 is 15.9 Å². The van der Waals surface area contributed by atoms with Crippen LogP contribution in [0.1, 0.15) is 41.0 Å². The van der Waals surface area contributed by atoms with Crippen molar-refractivity contribution in [3.8, 4) is 0 Å². The molecule has 0 spiro atoms. The van der Waals surface area contributed by atoms with E-state index in [1.165, 1.54) is 0 Å². The van der Waals surface area contributed by atoms with Crippen LogP contribution in [0.4, 0.5) is 4.79 Å². The summed E-state index contributed by atoms with van der Waals surface area (Å²) in [6.07, 6.45) is 0.187. The predicted molar refractivity (Wildman–Crippen MR) is 83.1 cm³/mol. The Morgan fingerprint density at radius 1 is 1.33 bits per heavy atom. The number of carbonyl (C=O) groups is 1. The smallest absolute Gasteiger partial charge is 0.407 e. The maximum Gasteiger partial charge on any atom is 0.407 e. The van der Waals surface area contributed by atoms with Gasteiger partial charge in [0.25, 0.3) is 0 Å². The zero-order valence-corrected chi connectivity index (χ0v) is 14.4. The Hall–Kier alpha value is -0.820. The third-order valence-corrected chi connectivity index (χ3v) is 5.12. The third-order valence-electron chi connectivity index (χ3n) is 3.35. The Kier molecular flexibility index (Phi) is 6.04. The van der Waals surface area contributed by atoms with Gasteiger partial charge in [-0.1, -0.05) is 13.8 Å². The first-order valence-electron chi connectivity index (χ1n) is 7.42. The molecule has 1 rings (SSSR count). The van der Waals surface area contributed by atoms with Crippen LogP contribution >= 0.6 is 0 Å². The summed E-state index contributed by atoms with van der Waals surface area (Å²) in [6, 6.07) is -0.00125. The molecule has 1 heterocycles. The zero-order chi connectivity index (χ0) is 16.3. The molecule has 0 aromatic rings. The average molecular weight is 320 g/mol. The van der Waals surface area contributed by atoms with Gasteiger partial charge in [0.1, 0.15) is 5.60 Å². The van der Waals surface area contributed by atoms with Crippen LogP contribution in [-0.4, -0.2) is 50.2 Å². The fourth-order valence-electron chi connectivity index (χ4n) is 2.22. The summed E-state index contributed by atoms with van der Waals surface area (Å²) in [6.45, 7) is 9.94. The maximum atomic E-state index is 11.7. The van der Waals surface area contributed by atoms with Gasteiger partial charge in [0.05, 0.1) is 11.5 Å². The molecule has 2 unspecified atom stereocenters. The van der Waals surface area contributed by atoms with Crippen LogP contribution in [0.5, 0.6) is 0 Å². The topological polar surface area (TPSA) is 84.5 Å². The van der Waals surface area contributed by atoms with Gasteiger partial charge >= 0.3 is 6.09 Å². The van der Waals surface area contributed by atoms with E-state index < -0.39 is 21.5 Å². The molecule has 2 atom stereocenters. The summed E-state index contributed by atoms with van der Waals surface area (Å²) in [5.74, 6) is 0.709. The number of ether oxygens (including phenoxy) is 1. The molecule has 1 saturated heterocycles. The molecule has 21 heavy (non-hydrogen) atoms. The number of amides is 1. The molecule has 0 aliphatic carbocycles. The number of rotatable bonds is 5. The molecule has 1 aliphatic rings. The highest BCUT2D eigenvalue weighted by Gasteiger charge is 2.30. The Balaban J connectivity index is 2.46. The van der Waals surface area contributed by atoms with Crippen LogP contribution < -0.4 is 10.6 Å². The van der Waals surface area contributed by atoms with Crippen LogP contribution in [-0.2, 0) is 14.6 Å². The van der Waals surface area contributed by atoms with Crippen molar-refractivity contribution < 1.29 is 17.9 Å². The minimum Gasteiger partial charge on any atom is -0.444 e. The van der Waals surface area contributed by atoms with E-state index in [-0.39, 0.29) is 29.5 Å². The molecule has 1 aliphatic heterocycles. The SMILES string of the molecule is CC(C)C(CNC(=O)OC(C)(C)C)NC1CCS(=O)(=O)C1. The molecular formula is C14H28N2O4S. The highest BCUT2D eigenvalue weighted by Crippen LogP contribution is 2.14. The van der Waals surface area contributed by atoms with Gasteiger partial charge in [0.2, 0.25) is 0 Å². The number of alkyl carbamates (subject to hydrolysis) is 1. The summed E-state index contributed by atoms with van der Waals surface area (Å²) < 4.78 is 28.2. The van der Waals surface area contributed by atoms with E-state index in [9.17, 15) is 13.2 Å². The van der Waals surface area contributed by atoms with Gasteiger partial charge in [0.15, 0.2) is 9.84 Å². The van der Waals surface area contributed by atoms with E-state index >= 15 is 0 Å². The van der Waals surface area contributed by atoms with Crippen molar-refractivity contribution in [3.05, 3.63) is 0 Å². The number of hydrogen-bond acceptors (Lipinski definition) is 5. The van der Waals surface area contributed by atoms with E-state index in [1.807, 2.05) is 34.6 Å². The normalized spacial score (nSPS) is 23.0. The molecule has 0 radical (unpaired) electrons. The van der Waals surface area contributed by atoms with Crippen LogP contribution in [0.25, 0.3) is 0 Å². The fraction of sp³-hybridized carbons (Fsp3) is 0.929. The first-order chi connectivity index (χ1) is 9.48. The molecule has 2 N–H and O–H groups in total. The highest BCUT2D eigenvalue weighted by atomic mass is 32.2. The van der Waals surface area contributed by atoms with Gasteiger partial charge in [-0.3, -0.25) is 0 Å². The highest BCUT2D eigenvalue weighted by molar-refractivity contribution is 7.91. The quantitative estimate of drug-likeness (QED) is 0.798. The second-order valence-corrected chi connectivity index (χ2v) is 9.23. The van der Waals surface area contributed by atoms with E-state index in [1.54, 1.807) is 0 Å². The molecule has 1 fully saturated rings. The summed E-state index contributed by atoms with van der Waals surface area (Å²) in [4.78, 5) is 11.7. The van der Waals surface area contributed by atoms with Gasteiger partial charge in [-0.25, -0.2) is 13.2 Å². The van der Waals surface area contributed by atoms with E-state index in [0.717, 1.165) is 0 Å². The monoisotopic (exact) mass is 320 g/mol. The van der Waals surface area contributed by atoms with Gasteiger partial charge in [0, 0.05) is 18.6 Å². The second-order valence-electron chi connectivity index (χ2n) is 7.00. The van der Waals surface area contributed by atoms with Crippen molar-refractivity contribution in [3.63, 3.8) is 0 Å². The first-order valence-corrected chi connectivity index (χ1v) is 9.24.